The van der Waals surface area contributed by atoms with Gasteiger partial charge in [-0.15, -0.1) is 0 Å². The lowest BCUT2D eigenvalue weighted by Crippen LogP contribution is -2.53. The fourth-order valence-electron chi connectivity index (χ4n) is 6.49. The minimum atomic E-state index is -1.30. The molecule has 178 valence electrons. The van der Waals surface area contributed by atoms with Crippen LogP contribution in [0.4, 0.5) is 11.4 Å². The molecule has 3 aliphatic heterocycles. The third kappa shape index (κ3) is 2.69. The molecule has 3 amide bonds. The number of H-pyrrole nitrogens is 1. The van der Waals surface area contributed by atoms with Crippen LogP contribution in [-0.4, -0.2) is 28.7 Å². The topological polar surface area (TPSA) is 94.3 Å². The Balaban J connectivity index is 1.38. The van der Waals surface area contributed by atoms with Crippen molar-refractivity contribution in [2.24, 2.45) is 11.8 Å². The van der Waals surface area contributed by atoms with Crippen LogP contribution in [0.5, 0.6) is 0 Å². The summed E-state index contributed by atoms with van der Waals surface area (Å²) in [6.07, 6.45) is 2.46. The molecule has 1 aromatic heterocycles. The van der Waals surface area contributed by atoms with Gasteiger partial charge in [-0.05, 0) is 48.7 Å². The molecule has 4 atom stereocenters. The molecule has 0 bridgehead atoms. The highest BCUT2D eigenvalue weighted by atomic mass is 16.2. The first-order chi connectivity index (χ1) is 17.5. The predicted octanol–water partition coefficient (Wildman–Crippen LogP) is 3.64. The summed E-state index contributed by atoms with van der Waals surface area (Å²) < 4.78 is 0. The second-order valence-electron chi connectivity index (χ2n) is 9.98. The maximum atomic E-state index is 14.1. The number of rotatable bonds is 3. The number of hydrogen-bond acceptors (Lipinski definition) is 4. The number of imide groups is 1. The molecule has 2 saturated heterocycles. The van der Waals surface area contributed by atoms with E-state index in [9.17, 15) is 14.4 Å². The average Bonchev–Trinajstić information content (AvgIpc) is 3.58. The van der Waals surface area contributed by atoms with Crippen LogP contribution >= 0.6 is 0 Å². The fraction of sp³-hybridized carbons (Fsp3) is 0.207. The second kappa shape index (κ2) is 7.38. The molecule has 1 spiro atoms. The summed E-state index contributed by atoms with van der Waals surface area (Å²) in [4.78, 5) is 46.3. The van der Waals surface area contributed by atoms with E-state index in [1.54, 1.807) is 6.07 Å². The van der Waals surface area contributed by atoms with Gasteiger partial charge in [0.2, 0.25) is 17.7 Å². The van der Waals surface area contributed by atoms with Crippen LogP contribution in [0.25, 0.3) is 10.9 Å². The Morgan fingerprint density at radius 3 is 2.58 bits per heavy atom. The first-order valence-corrected chi connectivity index (χ1v) is 12.2. The maximum absolute atomic E-state index is 14.1. The Hall–Kier alpha value is -4.23. The van der Waals surface area contributed by atoms with Crippen LogP contribution in [-0.2, 0) is 26.3 Å². The van der Waals surface area contributed by atoms with Crippen LogP contribution in [0.15, 0.2) is 79.0 Å². The van der Waals surface area contributed by atoms with Gasteiger partial charge >= 0.3 is 0 Å². The number of nitrogens with one attached hydrogen (secondary N) is 3. The van der Waals surface area contributed by atoms with Gasteiger partial charge in [0.25, 0.3) is 0 Å². The molecule has 7 rings (SSSR count). The number of nitrogens with zero attached hydrogens (tertiary/aromatic N) is 1. The number of carbonyl (C=O) groups excluding carboxylic acids is 3. The van der Waals surface area contributed by atoms with Gasteiger partial charge in [0.15, 0.2) is 0 Å². The average molecular weight is 477 g/mol. The second-order valence-corrected chi connectivity index (χ2v) is 9.98. The first kappa shape index (κ1) is 21.1. The number of aryl methyl sites for hydroxylation is 1. The summed E-state index contributed by atoms with van der Waals surface area (Å²) in [6.45, 7) is 1.93. The Bertz CT molecular complexity index is 1590. The van der Waals surface area contributed by atoms with Crippen molar-refractivity contribution < 1.29 is 14.4 Å². The van der Waals surface area contributed by atoms with Gasteiger partial charge in [-0.1, -0.05) is 48.5 Å². The Labute approximate surface area is 207 Å². The molecule has 3 aliphatic rings. The smallest absolute Gasteiger partial charge is 0.250 e. The summed E-state index contributed by atoms with van der Waals surface area (Å²) >= 11 is 0. The monoisotopic (exact) mass is 476 g/mol. The highest BCUT2D eigenvalue weighted by Crippen LogP contribution is 2.54. The Kier molecular flexibility index (Phi) is 4.32. The lowest BCUT2D eigenvalue weighted by molar-refractivity contribution is -0.130. The zero-order valence-electron chi connectivity index (χ0n) is 19.6. The van der Waals surface area contributed by atoms with Crippen molar-refractivity contribution in [1.29, 1.82) is 0 Å². The van der Waals surface area contributed by atoms with Crippen molar-refractivity contribution in [2.75, 3.05) is 10.2 Å². The zero-order chi connectivity index (χ0) is 24.6. The summed E-state index contributed by atoms with van der Waals surface area (Å²) in [7, 11) is 0. The third-order valence-corrected chi connectivity index (χ3v) is 8.00. The van der Waals surface area contributed by atoms with E-state index in [1.807, 2.05) is 79.9 Å². The molecule has 4 heterocycles. The molecular weight excluding hydrogens is 452 g/mol. The van der Waals surface area contributed by atoms with Crippen LogP contribution in [0.3, 0.4) is 0 Å². The van der Waals surface area contributed by atoms with Crippen LogP contribution in [0.2, 0.25) is 0 Å². The number of carbonyl (C=O) groups is 3. The molecule has 0 aliphatic carbocycles. The van der Waals surface area contributed by atoms with Crippen molar-refractivity contribution >= 4 is 40.0 Å². The van der Waals surface area contributed by atoms with Gasteiger partial charge in [0.05, 0.1) is 17.5 Å². The highest BCUT2D eigenvalue weighted by molar-refractivity contribution is 6.25. The van der Waals surface area contributed by atoms with E-state index >= 15 is 0 Å². The summed E-state index contributed by atoms with van der Waals surface area (Å²) in [5.74, 6) is -2.40. The number of amides is 3. The molecule has 0 radical (unpaired) electrons. The Morgan fingerprint density at radius 2 is 1.72 bits per heavy atom. The van der Waals surface area contributed by atoms with E-state index in [0.29, 0.717) is 17.8 Å². The number of para-hydroxylation sites is 2. The first-order valence-electron chi connectivity index (χ1n) is 12.2. The SMILES string of the molecule is Cc1cccc(N2C(=O)[C@@H]3C(Cc4c[nH]c5ccccc45)NC4(C(=O)Nc5ccccc54)[C@@H]3C2=O)c1. The Morgan fingerprint density at radius 1 is 0.917 bits per heavy atom. The highest BCUT2D eigenvalue weighted by Gasteiger charge is 2.70. The van der Waals surface area contributed by atoms with Gasteiger partial charge in [-0.3, -0.25) is 19.7 Å². The molecule has 2 unspecified atom stereocenters. The number of benzene rings is 3. The zero-order valence-corrected chi connectivity index (χ0v) is 19.6. The van der Waals surface area contributed by atoms with Crippen molar-refractivity contribution in [2.45, 2.75) is 24.9 Å². The molecule has 0 saturated carbocycles. The van der Waals surface area contributed by atoms with E-state index in [0.717, 1.165) is 27.6 Å². The largest absolute Gasteiger partial charge is 0.361 e. The minimum Gasteiger partial charge on any atom is -0.361 e. The van der Waals surface area contributed by atoms with Crippen molar-refractivity contribution in [3.63, 3.8) is 0 Å². The third-order valence-electron chi connectivity index (χ3n) is 8.00. The van der Waals surface area contributed by atoms with Crippen molar-refractivity contribution in [1.82, 2.24) is 10.3 Å². The van der Waals surface area contributed by atoms with Gasteiger partial charge in [-0.25, -0.2) is 4.90 Å². The van der Waals surface area contributed by atoms with E-state index in [1.165, 1.54) is 4.90 Å². The molecule has 4 aromatic rings. The fourth-order valence-corrected chi connectivity index (χ4v) is 6.49. The normalized spacial score (nSPS) is 26.6. The van der Waals surface area contributed by atoms with E-state index in [4.69, 9.17) is 0 Å². The minimum absolute atomic E-state index is 0.262. The van der Waals surface area contributed by atoms with E-state index in [2.05, 4.69) is 15.6 Å². The van der Waals surface area contributed by atoms with Crippen LogP contribution in [0.1, 0.15) is 16.7 Å². The number of fused-ring (bicyclic) bond motifs is 5. The molecule has 3 aromatic carbocycles. The molecule has 36 heavy (non-hydrogen) atoms. The lowest BCUT2D eigenvalue weighted by atomic mass is 9.76. The maximum Gasteiger partial charge on any atom is 0.250 e. The molecule has 2 fully saturated rings. The van der Waals surface area contributed by atoms with Crippen LogP contribution < -0.4 is 15.5 Å². The number of aromatic nitrogens is 1. The number of aromatic amines is 1. The van der Waals surface area contributed by atoms with Gasteiger partial charge < -0.3 is 10.3 Å². The molecule has 7 nitrogen and oxygen atoms in total. The number of anilines is 2. The quantitative estimate of drug-likeness (QED) is 0.394. The van der Waals surface area contributed by atoms with Gasteiger partial charge in [0, 0.05) is 34.4 Å². The van der Waals surface area contributed by atoms with Gasteiger partial charge in [0.1, 0.15) is 5.54 Å². The van der Waals surface area contributed by atoms with Gasteiger partial charge in [-0.2, -0.15) is 0 Å². The predicted molar refractivity (Wildman–Crippen MR) is 136 cm³/mol. The lowest BCUT2D eigenvalue weighted by Gasteiger charge is -2.29. The van der Waals surface area contributed by atoms with Crippen molar-refractivity contribution in [3.8, 4) is 0 Å². The number of hydrogen-bond donors (Lipinski definition) is 3. The van der Waals surface area contributed by atoms with Crippen molar-refractivity contribution in [3.05, 3.63) is 95.7 Å². The summed E-state index contributed by atoms with van der Waals surface area (Å²) in [6, 6.07) is 22.4. The summed E-state index contributed by atoms with van der Waals surface area (Å²) in [5.41, 5.74) is 3.65. The molecule has 3 N–H and O–H groups in total. The summed E-state index contributed by atoms with van der Waals surface area (Å²) in [5, 5.41) is 7.56. The molecular formula is C29H24N4O3. The van der Waals surface area contributed by atoms with E-state index in [-0.39, 0.29) is 17.7 Å². The van der Waals surface area contributed by atoms with E-state index < -0.39 is 23.4 Å². The van der Waals surface area contributed by atoms with Crippen LogP contribution in [0, 0.1) is 18.8 Å². The standard InChI is InChI=1S/C29H24N4O3/c1-16-7-6-8-18(13-16)33-26(34)24-23(14-17-15-30-21-11-4-2-9-19(17)21)32-29(25(24)27(33)35)20-10-3-5-12-22(20)31-28(29)36/h2-13,15,23-25,30,32H,14H2,1H3,(H,31,36)/t23?,24-,25+,29?/m1/s1. The molecule has 7 heteroatoms.